The summed E-state index contributed by atoms with van der Waals surface area (Å²) < 4.78 is 5.17. The van der Waals surface area contributed by atoms with Gasteiger partial charge in [-0.3, -0.25) is 14.4 Å². The van der Waals surface area contributed by atoms with E-state index in [4.69, 9.17) is 16.3 Å². The van der Waals surface area contributed by atoms with Crippen LogP contribution in [0.5, 0.6) is 5.75 Å². The summed E-state index contributed by atoms with van der Waals surface area (Å²) in [7, 11) is 1.60. The van der Waals surface area contributed by atoms with Gasteiger partial charge in [0.05, 0.1) is 7.11 Å². The molecular weight excluding hydrogens is 404 g/mol. The van der Waals surface area contributed by atoms with Gasteiger partial charge in [0.1, 0.15) is 11.3 Å². The highest BCUT2D eigenvalue weighted by molar-refractivity contribution is 6.31. The molecule has 1 unspecified atom stereocenters. The summed E-state index contributed by atoms with van der Waals surface area (Å²) in [4.78, 5) is 40.7. The normalized spacial score (nSPS) is 15.4. The lowest BCUT2D eigenvalue weighted by Gasteiger charge is -2.24. The van der Waals surface area contributed by atoms with Crippen molar-refractivity contribution in [3.8, 4) is 5.75 Å². The molecule has 0 saturated carbocycles. The van der Waals surface area contributed by atoms with Gasteiger partial charge in [-0.25, -0.2) is 0 Å². The molecule has 1 aromatic heterocycles. The number of nitrogens with one attached hydrogen (secondary N) is 2. The van der Waals surface area contributed by atoms with E-state index in [2.05, 4.69) is 10.3 Å². The summed E-state index contributed by atoms with van der Waals surface area (Å²) in [5, 5.41) is 3.11. The van der Waals surface area contributed by atoms with E-state index in [0.29, 0.717) is 34.8 Å². The minimum absolute atomic E-state index is 0.0438. The topological polar surface area (TPSA) is 88.3 Å². The lowest BCUT2D eigenvalue weighted by Crippen LogP contribution is -2.29. The van der Waals surface area contributed by atoms with Gasteiger partial charge in [-0.15, -0.1) is 0 Å². The van der Waals surface area contributed by atoms with Crippen molar-refractivity contribution in [1.82, 2.24) is 4.98 Å². The Morgan fingerprint density at radius 1 is 1.10 bits per heavy atom. The van der Waals surface area contributed by atoms with Crippen molar-refractivity contribution in [3.63, 3.8) is 0 Å². The molecule has 0 spiro atoms. The average Bonchev–Trinajstić information content (AvgIpc) is 2.73. The van der Waals surface area contributed by atoms with Crippen molar-refractivity contribution in [2.75, 3.05) is 12.4 Å². The van der Waals surface area contributed by atoms with Crippen LogP contribution in [0.25, 0.3) is 0 Å². The van der Waals surface area contributed by atoms with Crippen LogP contribution in [0.4, 0.5) is 5.69 Å². The van der Waals surface area contributed by atoms with E-state index in [0.717, 1.165) is 11.3 Å². The molecule has 2 aromatic carbocycles. The highest BCUT2D eigenvalue weighted by atomic mass is 35.5. The number of ether oxygens (including phenoxy) is 1. The quantitative estimate of drug-likeness (QED) is 0.659. The number of aromatic nitrogens is 1. The summed E-state index contributed by atoms with van der Waals surface area (Å²) in [6.45, 7) is 0. The Morgan fingerprint density at radius 2 is 1.87 bits per heavy atom. The number of benzene rings is 2. The van der Waals surface area contributed by atoms with Gasteiger partial charge in [0.15, 0.2) is 5.78 Å². The Hall–Kier alpha value is -3.38. The minimum atomic E-state index is -0.591. The van der Waals surface area contributed by atoms with Crippen LogP contribution in [0, 0.1) is 0 Å². The van der Waals surface area contributed by atoms with Crippen LogP contribution in [-0.2, 0) is 6.42 Å². The number of pyridine rings is 1. The Balaban J connectivity index is 1.60. The third-order valence-corrected chi connectivity index (χ3v) is 5.45. The Labute approximate surface area is 177 Å². The number of rotatable bonds is 4. The number of H-pyrrole nitrogens is 1. The number of Topliss-reactive ketones (excluding diaryl/α,β-unsaturated/α-hetero) is 1. The molecule has 2 N–H and O–H groups in total. The van der Waals surface area contributed by atoms with Gasteiger partial charge in [-0.05, 0) is 54.3 Å². The van der Waals surface area contributed by atoms with Crippen LogP contribution in [0.2, 0.25) is 5.02 Å². The smallest absolute Gasteiger partial charge is 0.261 e. The van der Waals surface area contributed by atoms with Gasteiger partial charge in [0.25, 0.3) is 11.5 Å². The molecule has 1 amide bonds. The fourth-order valence-corrected chi connectivity index (χ4v) is 3.87. The lowest BCUT2D eigenvalue weighted by atomic mass is 9.81. The first-order chi connectivity index (χ1) is 14.4. The van der Waals surface area contributed by atoms with Crippen molar-refractivity contribution >= 4 is 29.0 Å². The molecule has 0 saturated heterocycles. The van der Waals surface area contributed by atoms with Crippen LogP contribution < -0.4 is 15.6 Å². The van der Waals surface area contributed by atoms with Crippen molar-refractivity contribution in [1.29, 1.82) is 0 Å². The second-order valence-corrected chi connectivity index (χ2v) is 7.61. The molecule has 0 aliphatic heterocycles. The number of methoxy groups -OCH3 is 1. The number of amides is 1. The third-order valence-electron chi connectivity index (χ3n) is 5.22. The molecule has 1 atom stereocenters. The standard InChI is InChI=1S/C23H19ClN2O4/c1-30-17-7-5-13(6-8-17)14-9-20-18(21(27)10-14)12-19(23(29)26-20)22(28)25-16-4-2-3-15(24)11-16/h2-8,11-12,14H,9-10H2,1H3,(H,25,28)(H,26,29). The van der Waals surface area contributed by atoms with E-state index in [1.807, 2.05) is 24.3 Å². The first kappa shape index (κ1) is 19.9. The first-order valence-electron chi connectivity index (χ1n) is 9.45. The fourth-order valence-electron chi connectivity index (χ4n) is 3.68. The first-order valence-corrected chi connectivity index (χ1v) is 9.82. The largest absolute Gasteiger partial charge is 0.497 e. The summed E-state index contributed by atoms with van der Waals surface area (Å²) in [5.41, 5.74) is 1.77. The molecular formula is C23H19ClN2O4. The average molecular weight is 423 g/mol. The monoisotopic (exact) mass is 422 g/mol. The molecule has 7 heteroatoms. The second kappa shape index (κ2) is 8.16. The van der Waals surface area contributed by atoms with Gasteiger partial charge in [0.2, 0.25) is 0 Å². The van der Waals surface area contributed by atoms with Crippen LogP contribution in [-0.4, -0.2) is 23.8 Å². The number of ketones is 1. The molecule has 4 rings (SSSR count). The van der Waals surface area contributed by atoms with Crippen LogP contribution in [0.1, 0.15) is 44.3 Å². The maximum Gasteiger partial charge on any atom is 0.261 e. The van der Waals surface area contributed by atoms with Crippen molar-refractivity contribution < 1.29 is 14.3 Å². The Bertz CT molecular complexity index is 1180. The summed E-state index contributed by atoms with van der Waals surface area (Å²) in [6.07, 6.45) is 0.819. The number of halogens is 1. The highest BCUT2D eigenvalue weighted by Gasteiger charge is 2.29. The molecule has 0 fully saturated rings. The molecule has 0 bridgehead atoms. The van der Waals surface area contributed by atoms with E-state index in [9.17, 15) is 14.4 Å². The zero-order valence-corrected chi connectivity index (χ0v) is 17.0. The molecule has 1 aliphatic rings. The number of carbonyl (C=O) groups is 2. The second-order valence-electron chi connectivity index (χ2n) is 7.17. The number of carbonyl (C=O) groups excluding carboxylic acids is 2. The predicted octanol–water partition coefficient (Wildman–Crippen LogP) is 4.20. The van der Waals surface area contributed by atoms with Crippen LogP contribution in [0.3, 0.4) is 0 Å². The number of hydrogen-bond donors (Lipinski definition) is 2. The Morgan fingerprint density at radius 3 is 2.57 bits per heavy atom. The van der Waals surface area contributed by atoms with Gasteiger partial charge >= 0.3 is 0 Å². The predicted molar refractivity (Wildman–Crippen MR) is 115 cm³/mol. The maximum absolute atomic E-state index is 12.8. The molecule has 152 valence electrons. The minimum Gasteiger partial charge on any atom is -0.497 e. The van der Waals surface area contributed by atoms with Crippen LogP contribution in [0.15, 0.2) is 59.4 Å². The lowest BCUT2D eigenvalue weighted by molar-refractivity contribution is 0.0963. The maximum atomic E-state index is 12.8. The van der Waals surface area contributed by atoms with E-state index in [1.54, 1.807) is 31.4 Å². The number of fused-ring (bicyclic) bond motifs is 1. The molecule has 0 radical (unpaired) electrons. The third kappa shape index (κ3) is 4.00. The molecule has 1 heterocycles. The van der Waals surface area contributed by atoms with E-state index >= 15 is 0 Å². The Kier molecular flexibility index (Phi) is 5.42. The molecule has 3 aromatic rings. The zero-order valence-electron chi connectivity index (χ0n) is 16.2. The summed E-state index contributed by atoms with van der Waals surface area (Å²) >= 11 is 5.93. The highest BCUT2D eigenvalue weighted by Crippen LogP contribution is 2.32. The number of hydrogen-bond acceptors (Lipinski definition) is 4. The van der Waals surface area contributed by atoms with Gasteiger partial charge in [0, 0.05) is 28.4 Å². The SMILES string of the molecule is COc1ccc(C2CC(=O)c3cc(C(=O)Nc4cccc(Cl)c4)c(=O)[nH]c3C2)cc1. The van der Waals surface area contributed by atoms with Crippen molar-refractivity contribution in [2.45, 2.75) is 18.8 Å². The fraction of sp³-hybridized carbons (Fsp3) is 0.174. The van der Waals surface area contributed by atoms with Gasteiger partial charge in [-0.1, -0.05) is 29.8 Å². The zero-order chi connectivity index (χ0) is 21.3. The van der Waals surface area contributed by atoms with E-state index in [1.165, 1.54) is 6.07 Å². The number of anilines is 1. The molecule has 1 aliphatic carbocycles. The van der Waals surface area contributed by atoms with Crippen molar-refractivity contribution in [3.05, 3.63) is 92.4 Å². The number of aromatic amines is 1. The van der Waals surface area contributed by atoms with Gasteiger partial charge < -0.3 is 15.0 Å². The van der Waals surface area contributed by atoms with E-state index in [-0.39, 0.29) is 17.3 Å². The van der Waals surface area contributed by atoms with Crippen LogP contribution >= 0.6 is 11.6 Å². The molecule has 30 heavy (non-hydrogen) atoms. The summed E-state index contributed by atoms with van der Waals surface area (Å²) in [6, 6.07) is 15.6. The van der Waals surface area contributed by atoms with Crippen molar-refractivity contribution in [2.24, 2.45) is 0 Å². The van der Waals surface area contributed by atoms with E-state index < -0.39 is 11.5 Å². The summed E-state index contributed by atoms with van der Waals surface area (Å²) in [5.74, 6) is -0.000683. The van der Waals surface area contributed by atoms with Gasteiger partial charge in [-0.2, -0.15) is 0 Å². The molecule has 6 nitrogen and oxygen atoms in total.